The molecule has 0 saturated carbocycles. The number of hydrogen-bond donors (Lipinski definition) is 2. The molecule has 0 amide bonds. The Morgan fingerprint density at radius 3 is 2.85 bits per heavy atom. The molecule has 1 aliphatic rings. The zero-order valence-corrected chi connectivity index (χ0v) is 14.2. The third-order valence-electron chi connectivity index (χ3n) is 3.37. The molecule has 1 aromatic carbocycles. The molecule has 1 atom stereocenters. The van der Waals surface area contributed by atoms with E-state index in [0.717, 1.165) is 19.5 Å². The lowest BCUT2D eigenvalue weighted by Crippen LogP contribution is -2.30. The molecule has 0 bridgehead atoms. The molecule has 1 aromatic rings. The van der Waals surface area contributed by atoms with Gasteiger partial charge in [0.2, 0.25) is 10.0 Å². The van der Waals surface area contributed by atoms with Gasteiger partial charge in [0.15, 0.2) is 0 Å². The van der Waals surface area contributed by atoms with E-state index in [9.17, 15) is 8.42 Å². The number of nitrogens with one attached hydrogen (secondary N) is 1. The Hall–Kier alpha value is -0.340. The number of rotatable bonds is 4. The van der Waals surface area contributed by atoms with Gasteiger partial charge in [0.25, 0.3) is 0 Å². The number of sulfonamides is 1. The van der Waals surface area contributed by atoms with Crippen molar-refractivity contribution in [2.45, 2.75) is 11.3 Å². The molecule has 1 heterocycles. The third kappa shape index (κ3) is 3.65. The van der Waals surface area contributed by atoms with Crippen LogP contribution in [0.25, 0.3) is 0 Å². The van der Waals surface area contributed by atoms with Gasteiger partial charge in [0.05, 0.1) is 9.37 Å². The number of likely N-dealkylation sites (tertiary alicyclic amines) is 1. The van der Waals surface area contributed by atoms with Crippen molar-refractivity contribution < 1.29 is 8.42 Å². The van der Waals surface area contributed by atoms with E-state index in [-0.39, 0.29) is 4.90 Å². The Morgan fingerprint density at radius 2 is 2.25 bits per heavy atom. The van der Waals surface area contributed by atoms with Crippen LogP contribution in [-0.4, -0.2) is 40.0 Å². The minimum Gasteiger partial charge on any atom is -0.398 e. The number of nitrogens with two attached hydrogens (primary N) is 1. The molecule has 3 N–H and O–H groups in total. The smallest absolute Gasteiger partial charge is 0.241 e. The molecule has 8 heteroatoms. The average molecular weight is 383 g/mol. The zero-order valence-electron chi connectivity index (χ0n) is 11.1. The quantitative estimate of drug-likeness (QED) is 0.780. The highest BCUT2D eigenvalue weighted by atomic mass is 79.9. The summed E-state index contributed by atoms with van der Waals surface area (Å²) in [5.41, 5.74) is 6.03. The first kappa shape index (κ1) is 16.0. The summed E-state index contributed by atoms with van der Waals surface area (Å²) in [5.74, 6) is 0.338. The molecule has 0 aromatic heterocycles. The molecule has 112 valence electrons. The standard InChI is InChI=1S/C12H17BrClN3O2S/c1-17-3-2-8(7-17)6-16-20(18,19)11-5-9(14)4-10(15)12(11)13/h4-5,8,16H,2-3,6-7,15H2,1H3. The van der Waals surface area contributed by atoms with Crippen LogP contribution in [0.2, 0.25) is 5.02 Å². The normalized spacial score (nSPS) is 20.4. The molecule has 5 nitrogen and oxygen atoms in total. The molecular weight excluding hydrogens is 366 g/mol. The Bertz CT molecular complexity index is 609. The van der Waals surface area contributed by atoms with Gasteiger partial charge in [-0.2, -0.15) is 0 Å². The summed E-state index contributed by atoms with van der Waals surface area (Å²) >= 11 is 9.08. The van der Waals surface area contributed by atoms with Crippen molar-refractivity contribution in [3.05, 3.63) is 21.6 Å². The first-order valence-electron chi connectivity index (χ1n) is 6.22. The molecule has 1 unspecified atom stereocenters. The second-order valence-corrected chi connectivity index (χ2v) is 8.04. The van der Waals surface area contributed by atoms with Crippen molar-refractivity contribution in [1.82, 2.24) is 9.62 Å². The summed E-state index contributed by atoms with van der Waals surface area (Å²) in [7, 11) is -1.59. The van der Waals surface area contributed by atoms with Crippen molar-refractivity contribution >= 4 is 43.2 Å². The van der Waals surface area contributed by atoms with Crippen molar-refractivity contribution in [1.29, 1.82) is 0 Å². The summed E-state index contributed by atoms with van der Waals surface area (Å²) < 4.78 is 27.6. The van der Waals surface area contributed by atoms with Crippen LogP contribution in [-0.2, 0) is 10.0 Å². The van der Waals surface area contributed by atoms with E-state index in [0.29, 0.717) is 27.6 Å². The molecule has 0 radical (unpaired) electrons. The van der Waals surface area contributed by atoms with Crippen LogP contribution >= 0.6 is 27.5 Å². The maximum absolute atomic E-state index is 12.3. The largest absolute Gasteiger partial charge is 0.398 e. The maximum atomic E-state index is 12.3. The van der Waals surface area contributed by atoms with Gasteiger partial charge >= 0.3 is 0 Å². The van der Waals surface area contributed by atoms with Gasteiger partial charge in [-0.25, -0.2) is 13.1 Å². The first-order chi connectivity index (χ1) is 9.29. The Balaban J connectivity index is 2.14. The van der Waals surface area contributed by atoms with E-state index in [4.69, 9.17) is 17.3 Å². The molecule has 0 aliphatic carbocycles. The fraction of sp³-hybridized carbons (Fsp3) is 0.500. The number of anilines is 1. The van der Waals surface area contributed by atoms with Crippen molar-refractivity contribution in [3.8, 4) is 0 Å². The van der Waals surface area contributed by atoms with Gasteiger partial charge in [-0.3, -0.25) is 0 Å². The predicted molar refractivity (Wildman–Crippen MR) is 84.4 cm³/mol. The average Bonchev–Trinajstić information content (AvgIpc) is 2.77. The van der Waals surface area contributed by atoms with E-state index in [1.165, 1.54) is 12.1 Å². The molecule has 1 saturated heterocycles. The number of nitrogen functional groups attached to an aromatic ring is 1. The second-order valence-electron chi connectivity index (χ2n) is 5.08. The molecule has 2 rings (SSSR count). The summed E-state index contributed by atoms with van der Waals surface area (Å²) in [6.07, 6.45) is 0.998. The highest BCUT2D eigenvalue weighted by Gasteiger charge is 2.24. The SMILES string of the molecule is CN1CCC(CNS(=O)(=O)c2cc(Cl)cc(N)c2Br)C1. The number of halogens is 2. The maximum Gasteiger partial charge on any atom is 0.241 e. The lowest BCUT2D eigenvalue weighted by Gasteiger charge is -2.14. The molecule has 1 fully saturated rings. The van der Waals surface area contributed by atoms with Crippen LogP contribution in [0.15, 0.2) is 21.5 Å². The fourth-order valence-corrected chi connectivity index (χ4v) is 4.68. The van der Waals surface area contributed by atoms with Gasteiger partial charge in [-0.15, -0.1) is 0 Å². The highest BCUT2D eigenvalue weighted by Crippen LogP contribution is 2.31. The summed E-state index contributed by atoms with van der Waals surface area (Å²) in [4.78, 5) is 2.26. The molecular formula is C12H17BrClN3O2S. The molecule has 0 spiro atoms. The van der Waals surface area contributed by atoms with Gasteiger partial charge in [-0.1, -0.05) is 11.6 Å². The van der Waals surface area contributed by atoms with E-state index < -0.39 is 10.0 Å². The minimum atomic E-state index is -3.62. The fourth-order valence-electron chi connectivity index (χ4n) is 2.28. The van der Waals surface area contributed by atoms with Crippen LogP contribution in [0.3, 0.4) is 0 Å². The lowest BCUT2D eigenvalue weighted by atomic mass is 10.1. The van der Waals surface area contributed by atoms with Gasteiger partial charge in [-0.05, 0) is 54.0 Å². The lowest BCUT2D eigenvalue weighted by molar-refractivity contribution is 0.394. The van der Waals surface area contributed by atoms with Crippen molar-refractivity contribution in [2.24, 2.45) is 5.92 Å². The van der Waals surface area contributed by atoms with E-state index in [1.54, 1.807) is 0 Å². The summed E-state index contributed by atoms with van der Waals surface area (Å²) in [5, 5.41) is 0.298. The van der Waals surface area contributed by atoms with Crippen LogP contribution in [0.4, 0.5) is 5.69 Å². The van der Waals surface area contributed by atoms with Gasteiger partial charge < -0.3 is 10.6 Å². The first-order valence-corrected chi connectivity index (χ1v) is 8.88. The van der Waals surface area contributed by atoms with Gasteiger partial charge in [0.1, 0.15) is 0 Å². The van der Waals surface area contributed by atoms with Crippen molar-refractivity contribution in [3.63, 3.8) is 0 Å². The van der Waals surface area contributed by atoms with Crippen LogP contribution < -0.4 is 10.5 Å². The number of nitrogens with zero attached hydrogens (tertiary/aromatic N) is 1. The number of hydrogen-bond acceptors (Lipinski definition) is 4. The van der Waals surface area contributed by atoms with Crippen LogP contribution in [0, 0.1) is 5.92 Å². The Labute approximate surface area is 132 Å². The summed E-state index contributed by atoms with van der Waals surface area (Å²) in [6.45, 7) is 2.33. The molecule has 1 aliphatic heterocycles. The van der Waals surface area contributed by atoms with E-state index in [2.05, 4.69) is 25.6 Å². The number of benzene rings is 1. The van der Waals surface area contributed by atoms with E-state index >= 15 is 0 Å². The zero-order chi connectivity index (χ0) is 14.9. The van der Waals surface area contributed by atoms with Gasteiger partial charge in [0, 0.05) is 23.8 Å². The third-order valence-corrected chi connectivity index (χ3v) is 6.19. The minimum absolute atomic E-state index is 0.0776. The Kier molecular flexibility index (Phi) is 4.96. The predicted octanol–water partition coefficient (Wildman–Crippen LogP) is 1.91. The van der Waals surface area contributed by atoms with Crippen LogP contribution in [0.5, 0.6) is 0 Å². The highest BCUT2D eigenvalue weighted by molar-refractivity contribution is 9.10. The topological polar surface area (TPSA) is 75.4 Å². The van der Waals surface area contributed by atoms with Crippen LogP contribution in [0.1, 0.15) is 6.42 Å². The Morgan fingerprint density at radius 1 is 1.55 bits per heavy atom. The van der Waals surface area contributed by atoms with Crippen molar-refractivity contribution in [2.75, 3.05) is 32.4 Å². The van der Waals surface area contributed by atoms with E-state index in [1.807, 2.05) is 7.05 Å². The second kappa shape index (κ2) is 6.19. The monoisotopic (exact) mass is 381 g/mol. The summed E-state index contributed by atoms with van der Waals surface area (Å²) in [6, 6.07) is 2.90. The molecule has 20 heavy (non-hydrogen) atoms.